The fraction of sp³-hybridized carbons (Fsp3) is 0.929. The Morgan fingerprint density at radius 2 is 1.47 bits per heavy atom. The summed E-state index contributed by atoms with van der Waals surface area (Å²) in [4.78, 5) is 14.8. The van der Waals surface area contributed by atoms with Crippen LogP contribution in [-0.2, 0) is 4.79 Å². The van der Waals surface area contributed by atoms with E-state index in [2.05, 4.69) is 4.90 Å². The molecule has 3 heteroatoms. The lowest BCUT2D eigenvalue weighted by molar-refractivity contribution is -0.143. The summed E-state index contributed by atoms with van der Waals surface area (Å²) >= 11 is 0. The standard InChI is InChI=1S/C14H26N2O/c15-12-14(8-4-3-5-9-14)13(17)16-10-6-1-2-7-11-16/h1-12,15H2. The summed E-state index contributed by atoms with van der Waals surface area (Å²) < 4.78 is 0. The number of nitrogens with zero attached hydrogens (tertiary/aromatic N) is 1. The van der Waals surface area contributed by atoms with Crippen molar-refractivity contribution >= 4 is 5.91 Å². The Morgan fingerprint density at radius 1 is 0.941 bits per heavy atom. The number of likely N-dealkylation sites (tertiary alicyclic amines) is 1. The van der Waals surface area contributed by atoms with E-state index in [1.807, 2.05) is 0 Å². The zero-order chi connectivity index (χ0) is 12.1. The average Bonchev–Trinajstić information content (AvgIpc) is 2.67. The first kappa shape index (κ1) is 12.9. The second-order valence-electron chi connectivity index (χ2n) is 5.75. The van der Waals surface area contributed by atoms with Gasteiger partial charge in [-0.1, -0.05) is 32.1 Å². The van der Waals surface area contributed by atoms with E-state index >= 15 is 0 Å². The van der Waals surface area contributed by atoms with E-state index in [1.54, 1.807) is 0 Å². The van der Waals surface area contributed by atoms with Crippen molar-refractivity contribution in [3.8, 4) is 0 Å². The van der Waals surface area contributed by atoms with E-state index in [4.69, 9.17) is 5.73 Å². The first-order valence-electron chi connectivity index (χ1n) is 7.28. The molecule has 0 atom stereocenters. The summed E-state index contributed by atoms with van der Waals surface area (Å²) in [7, 11) is 0. The molecule has 1 aliphatic heterocycles. The van der Waals surface area contributed by atoms with Crippen molar-refractivity contribution in [2.75, 3.05) is 19.6 Å². The van der Waals surface area contributed by atoms with Crippen molar-refractivity contribution in [2.24, 2.45) is 11.1 Å². The molecule has 1 aliphatic carbocycles. The molecule has 2 rings (SSSR count). The van der Waals surface area contributed by atoms with Crippen LogP contribution in [0.2, 0.25) is 0 Å². The van der Waals surface area contributed by atoms with Gasteiger partial charge in [-0.05, 0) is 25.7 Å². The zero-order valence-electron chi connectivity index (χ0n) is 10.9. The molecule has 0 radical (unpaired) electrons. The van der Waals surface area contributed by atoms with Gasteiger partial charge in [0, 0.05) is 19.6 Å². The van der Waals surface area contributed by atoms with Crippen molar-refractivity contribution in [1.82, 2.24) is 4.90 Å². The Kier molecular flexibility index (Phi) is 4.43. The molecule has 1 saturated heterocycles. The van der Waals surface area contributed by atoms with Crippen LogP contribution in [0.5, 0.6) is 0 Å². The Hall–Kier alpha value is -0.570. The molecule has 0 aromatic rings. The summed E-state index contributed by atoms with van der Waals surface area (Å²) in [5.41, 5.74) is 5.73. The molecular formula is C14H26N2O. The smallest absolute Gasteiger partial charge is 0.230 e. The van der Waals surface area contributed by atoms with Crippen molar-refractivity contribution in [1.29, 1.82) is 0 Å². The maximum Gasteiger partial charge on any atom is 0.230 e. The molecule has 2 aliphatic rings. The number of hydrogen-bond acceptors (Lipinski definition) is 2. The van der Waals surface area contributed by atoms with Gasteiger partial charge in [-0.2, -0.15) is 0 Å². The zero-order valence-corrected chi connectivity index (χ0v) is 10.9. The summed E-state index contributed by atoms with van der Waals surface area (Å²) in [6, 6.07) is 0. The molecular weight excluding hydrogens is 212 g/mol. The van der Waals surface area contributed by atoms with Crippen LogP contribution in [0.1, 0.15) is 57.8 Å². The largest absolute Gasteiger partial charge is 0.342 e. The molecule has 17 heavy (non-hydrogen) atoms. The molecule has 2 N–H and O–H groups in total. The average molecular weight is 238 g/mol. The summed E-state index contributed by atoms with van der Waals surface area (Å²) in [5, 5.41) is 0. The monoisotopic (exact) mass is 238 g/mol. The minimum absolute atomic E-state index is 0.206. The van der Waals surface area contributed by atoms with Gasteiger partial charge >= 0.3 is 0 Å². The van der Waals surface area contributed by atoms with Gasteiger partial charge < -0.3 is 10.6 Å². The van der Waals surface area contributed by atoms with Crippen LogP contribution >= 0.6 is 0 Å². The Morgan fingerprint density at radius 3 is 2.00 bits per heavy atom. The summed E-state index contributed by atoms with van der Waals surface area (Å²) in [6.45, 7) is 2.46. The summed E-state index contributed by atoms with van der Waals surface area (Å²) in [5.74, 6) is 0.363. The normalized spacial score (nSPS) is 25.4. The van der Waals surface area contributed by atoms with E-state index in [1.165, 1.54) is 44.9 Å². The maximum atomic E-state index is 12.7. The predicted octanol–water partition coefficient (Wildman–Crippen LogP) is 2.30. The predicted molar refractivity (Wildman–Crippen MR) is 69.6 cm³/mol. The third-order valence-corrected chi connectivity index (χ3v) is 4.55. The molecule has 1 amide bonds. The third kappa shape index (κ3) is 2.82. The number of hydrogen-bond donors (Lipinski definition) is 1. The molecule has 98 valence electrons. The van der Waals surface area contributed by atoms with E-state index in [9.17, 15) is 4.79 Å². The van der Waals surface area contributed by atoms with Gasteiger partial charge in [-0.25, -0.2) is 0 Å². The quantitative estimate of drug-likeness (QED) is 0.802. The van der Waals surface area contributed by atoms with Crippen LogP contribution < -0.4 is 5.73 Å². The lowest BCUT2D eigenvalue weighted by Crippen LogP contribution is -2.49. The molecule has 0 spiro atoms. The molecule has 0 unspecified atom stereocenters. The van der Waals surface area contributed by atoms with Crippen molar-refractivity contribution in [3.63, 3.8) is 0 Å². The fourth-order valence-corrected chi connectivity index (χ4v) is 3.34. The first-order valence-corrected chi connectivity index (χ1v) is 7.28. The second kappa shape index (κ2) is 5.85. The number of rotatable bonds is 2. The molecule has 3 nitrogen and oxygen atoms in total. The molecule has 2 fully saturated rings. The SMILES string of the molecule is NCC1(C(=O)N2CCCCCC2)CCCCC1. The highest BCUT2D eigenvalue weighted by Gasteiger charge is 2.40. The molecule has 1 saturated carbocycles. The van der Waals surface area contributed by atoms with Crippen LogP contribution in [0.25, 0.3) is 0 Å². The lowest BCUT2D eigenvalue weighted by atomic mass is 9.73. The number of carbonyl (C=O) groups excluding carboxylic acids is 1. The Labute approximate surface area is 105 Å². The van der Waals surface area contributed by atoms with Crippen molar-refractivity contribution in [2.45, 2.75) is 57.8 Å². The van der Waals surface area contributed by atoms with E-state index in [0.717, 1.165) is 25.9 Å². The minimum Gasteiger partial charge on any atom is -0.342 e. The van der Waals surface area contributed by atoms with Crippen molar-refractivity contribution < 1.29 is 4.79 Å². The Bertz CT molecular complexity index is 251. The molecule has 0 aromatic carbocycles. The summed E-state index contributed by atoms with van der Waals surface area (Å²) in [6.07, 6.45) is 10.6. The van der Waals surface area contributed by atoms with E-state index < -0.39 is 0 Å². The van der Waals surface area contributed by atoms with Gasteiger partial charge in [-0.15, -0.1) is 0 Å². The fourth-order valence-electron chi connectivity index (χ4n) is 3.34. The van der Waals surface area contributed by atoms with Crippen LogP contribution in [0.15, 0.2) is 0 Å². The topological polar surface area (TPSA) is 46.3 Å². The van der Waals surface area contributed by atoms with Crippen LogP contribution in [0.3, 0.4) is 0 Å². The minimum atomic E-state index is -0.206. The number of nitrogens with two attached hydrogens (primary N) is 1. The van der Waals surface area contributed by atoms with Gasteiger partial charge in [0.1, 0.15) is 0 Å². The van der Waals surface area contributed by atoms with Gasteiger partial charge in [0.25, 0.3) is 0 Å². The lowest BCUT2D eigenvalue weighted by Gasteiger charge is -2.38. The van der Waals surface area contributed by atoms with Crippen LogP contribution in [0.4, 0.5) is 0 Å². The van der Waals surface area contributed by atoms with E-state index in [-0.39, 0.29) is 5.41 Å². The highest BCUT2D eigenvalue weighted by atomic mass is 16.2. The molecule has 0 aromatic heterocycles. The first-order chi connectivity index (χ1) is 8.28. The third-order valence-electron chi connectivity index (χ3n) is 4.55. The van der Waals surface area contributed by atoms with Crippen LogP contribution in [-0.4, -0.2) is 30.4 Å². The van der Waals surface area contributed by atoms with E-state index in [0.29, 0.717) is 12.5 Å². The molecule has 1 heterocycles. The number of amides is 1. The van der Waals surface area contributed by atoms with Gasteiger partial charge in [0.05, 0.1) is 5.41 Å². The highest BCUT2D eigenvalue weighted by molar-refractivity contribution is 5.83. The van der Waals surface area contributed by atoms with Crippen molar-refractivity contribution in [3.05, 3.63) is 0 Å². The van der Waals surface area contributed by atoms with Gasteiger partial charge in [-0.3, -0.25) is 4.79 Å². The Balaban J connectivity index is 2.04. The van der Waals surface area contributed by atoms with Gasteiger partial charge in [0.2, 0.25) is 5.91 Å². The second-order valence-corrected chi connectivity index (χ2v) is 5.75. The molecule has 0 bridgehead atoms. The highest BCUT2D eigenvalue weighted by Crippen LogP contribution is 2.37. The number of carbonyl (C=O) groups is 1. The van der Waals surface area contributed by atoms with Gasteiger partial charge in [0.15, 0.2) is 0 Å². The van der Waals surface area contributed by atoms with Crippen LogP contribution in [0, 0.1) is 5.41 Å². The maximum absolute atomic E-state index is 12.7.